The zero-order valence-electron chi connectivity index (χ0n) is 9.35. The molecule has 0 saturated carbocycles. The first-order chi connectivity index (χ1) is 7.83. The summed E-state index contributed by atoms with van der Waals surface area (Å²) in [7, 11) is 1.60. The average molecular weight is 220 g/mol. The van der Waals surface area contributed by atoms with Crippen LogP contribution in [0.3, 0.4) is 0 Å². The molecule has 1 aliphatic carbocycles. The molecule has 0 amide bonds. The van der Waals surface area contributed by atoms with Gasteiger partial charge < -0.3 is 14.6 Å². The van der Waals surface area contributed by atoms with Crippen molar-refractivity contribution in [2.45, 2.75) is 5.41 Å². The van der Waals surface area contributed by atoms with E-state index in [1.54, 1.807) is 7.11 Å². The molecule has 1 atom stereocenters. The highest BCUT2D eigenvalue weighted by atomic mass is 16.7. The number of hydrogen-bond donors (Lipinski definition) is 1. The van der Waals surface area contributed by atoms with E-state index in [-0.39, 0.29) is 18.8 Å². The van der Waals surface area contributed by atoms with E-state index in [0.29, 0.717) is 6.61 Å². The normalized spacial score (nSPS) is 23.0. The fraction of sp³-hybridized carbons (Fsp3) is 0.385. The largest absolute Gasteiger partial charge is 0.392 e. The van der Waals surface area contributed by atoms with Crippen molar-refractivity contribution in [2.75, 3.05) is 27.1 Å². The van der Waals surface area contributed by atoms with Gasteiger partial charge in [-0.25, -0.2) is 0 Å². The minimum absolute atomic E-state index is 0.0885. The Hall–Kier alpha value is -1.16. The Bertz CT molecular complexity index is 372. The molecule has 1 N–H and O–H groups in total. The minimum Gasteiger partial charge on any atom is -0.392 e. The van der Waals surface area contributed by atoms with Crippen LogP contribution < -0.4 is 0 Å². The molecule has 1 aromatic carbocycles. The maximum Gasteiger partial charge on any atom is 0.146 e. The van der Waals surface area contributed by atoms with Crippen LogP contribution in [-0.2, 0) is 14.9 Å². The highest BCUT2D eigenvalue weighted by molar-refractivity contribution is 5.55. The molecule has 0 fully saturated rings. The van der Waals surface area contributed by atoms with Crippen LogP contribution in [0.5, 0.6) is 0 Å². The molecule has 0 spiro atoms. The monoisotopic (exact) mass is 220 g/mol. The van der Waals surface area contributed by atoms with E-state index in [4.69, 9.17) is 9.47 Å². The molecule has 86 valence electrons. The summed E-state index contributed by atoms with van der Waals surface area (Å²) in [5.41, 5.74) is 1.99. The molecule has 1 aromatic rings. The van der Waals surface area contributed by atoms with Crippen molar-refractivity contribution in [3.8, 4) is 0 Å². The highest BCUT2D eigenvalue weighted by Gasteiger charge is 2.45. The van der Waals surface area contributed by atoms with Crippen molar-refractivity contribution in [3.63, 3.8) is 0 Å². The van der Waals surface area contributed by atoms with Gasteiger partial charge in [0.25, 0.3) is 0 Å². The van der Waals surface area contributed by atoms with Gasteiger partial charge in [0.05, 0.1) is 18.6 Å². The van der Waals surface area contributed by atoms with Crippen molar-refractivity contribution < 1.29 is 14.6 Å². The topological polar surface area (TPSA) is 38.7 Å². The fourth-order valence-electron chi connectivity index (χ4n) is 1.96. The molecule has 0 bridgehead atoms. The van der Waals surface area contributed by atoms with Crippen LogP contribution in [0.2, 0.25) is 0 Å². The zero-order valence-corrected chi connectivity index (χ0v) is 9.35. The Labute approximate surface area is 95.3 Å². The van der Waals surface area contributed by atoms with Gasteiger partial charge in [-0.2, -0.15) is 0 Å². The molecule has 0 heterocycles. The maximum absolute atomic E-state index is 9.20. The lowest BCUT2D eigenvalue weighted by Crippen LogP contribution is -2.21. The molecule has 0 radical (unpaired) electrons. The van der Waals surface area contributed by atoms with Crippen LogP contribution in [0.1, 0.15) is 5.56 Å². The lowest BCUT2D eigenvalue weighted by molar-refractivity contribution is -0.0371. The maximum atomic E-state index is 9.20. The Morgan fingerprint density at radius 2 is 2.00 bits per heavy atom. The standard InChI is InChI=1S/C13H16O3/c1-15-10-16-9-13(7-12(13)8-14)11-5-3-2-4-6-11/h2-7,14H,8-10H2,1H3. The molecule has 3 nitrogen and oxygen atoms in total. The van der Waals surface area contributed by atoms with Gasteiger partial charge in [-0.1, -0.05) is 36.4 Å². The second-order valence-corrected chi connectivity index (χ2v) is 3.92. The summed E-state index contributed by atoms with van der Waals surface area (Å²) in [5.74, 6) is 0. The van der Waals surface area contributed by atoms with E-state index >= 15 is 0 Å². The SMILES string of the molecule is COCOCC1(c2ccccc2)C=C1CO. The van der Waals surface area contributed by atoms with E-state index in [9.17, 15) is 5.11 Å². The second-order valence-electron chi connectivity index (χ2n) is 3.92. The van der Waals surface area contributed by atoms with Crippen molar-refractivity contribution >= 4 is 0 Å². The minimum atomic E-state index is -0.200. The van der Waals surface area contributed by atoms with Crippen LogP contribution in [0.25, 0.3) is 0 Å². The predicted molar refractivity (Wildman–Crippen MR) is 61.1 cm³/mol. The van der Waals surface area contributed by atoms with Crippen molar-refractivity contribution in [3.05, 3.63) is 47.5 Å². The molecule has 3 heteroatoms. The molecule has 16 heavy (non-hydrogen) atoms. The molecule has 0 aromatic heterocycles. The summed E-state index contributed by atoms with van der Waals surface area (Å²) in [5, 5.41) is 9.20. The van der Waals surface area contributed by atoms with E-state index in [0.717, 1.165) is 11.1 Å². The van der Waals surface area contributed by atoms with Gasteiger partial charge in [0.2, 0.25) is 0 Å². The number of methoxy groups -OCH3 is 1. The quantitative estimate of drug-likeness (QED) is 0.448. The van der Waals surface area contributed by atoms with Gasteiger partial charge in [0.1, 0.15) is 6.79 Å². The first-order valence-corrected chi connectivity index (χ1v) is 5.29. The number of aliphatic hydroxyl groups is 1. The molecule has 0 saturated heterocycles. The first kappa shape index (κ1) is 11.3. The van der Waals surface area contributed by atoms with E-state index in [1.165, 1.54) is 0 Å². The summed E-state index contributed by atoms with van der Waals surface area (Å²) in [4.78, 5) is 0. The van der Waals surface area contributed by atoms with Crippen molar-refractivity contribution in [1.82, 2.24) is 0 Å². The summed E-state index contributed by atoms with van der Waals surface area (Å²) in [6.45, 7) is 0.896. The zero-order chi connectivity index (χ0) is 11.4. The van der Waals surface area contributed by atoms with E-state index in [2.05, 4.69) is 18.2 Å². The molecule has 2 rings (SSSR count). The second kappa shape index (κ2) is 4.78. The van der Waals surface area contributed by atoms with Gasteiger partial charge in [-0.05, 0) is 11.1 Å². The summed E-state index contributed by atoms with van der Waals surface area (Å²) < 4.78 is 10.3. The smallest absolute Gasteiger partial charge is 0.146 e. The van der Waals surface area contributed by atoms with Crippen molar-refractivity contribution in [2.24, 2.45) is 0 Å². The van der Waals surface area contributed by atoms with Crippen LogP contribution in [0.4, 0.5) is 0 Å². The van der Waals surface area contributed by atoms with Gasteiger partial charge in [0, 0.05) is 7.11 Å². The van der Waals surface area contributed by atoms with Gasteiger partial charge in [-0.3, -0.25) is 0 Å². The lowest BCUT2D eigenvalue weighted by atomic mass is 9.91. The Morgan fingerprint density at radius 1 is 1.25 bits per heavy atom. The summed E-state index contributed by atoms with van der Waals surface area (Å²) in [6.07, 6.45) is 2.05. The lowest BCUT2D eigenvalue weighted by Gasteiger charge is -2.18. The Morgan fingerprint density at radius 3 is 2.56 bits per heavy atom. The van der Waals surface area contributed by atoms with E-state index in [1.807, 2.05) is 18.2 Å². The van der Waals surface area contributed by atoms with Crippen LogP contribution >= 0.6 is 0 Å². The van der Waals surface area contributed by atoms with Gasteiger partial charge in [0.15, 0.2) is 0 Å². The Balaban J connectivity index is 2.07. The molecular weight excluding hydrogens is 204 g/mol. The van der Waals surface area contributed by atoms with Crippen LogP contribution in [0, 0.1) is 0 Å². The number of rotatable bonds is 6. The fourth-order valence-corrected chi connectivity index (χ4v) is 1.96. The average Bonchev–Trinajstić information content (AvgIpc) is 3.06. The van der Waals surface area contributed by atoms with Gasteiger partial charge in [-0.15, -0.1) is 0 Å². The molecule has 0 aliphatic heterocycles. The number of hydrogen-bond acceptors (Lipinski definition) is 3. The molecule has 1 unspecified atom stereocenters. The summed E-state index contributed by atoms with van der Waals surface area (Å²) in [6, 6.07) is 10.1. The number of benzene rings is 1. The summed E-state index contributed by atoms with van der Waals surface area (Å²) >= 11 is 0. The van der Waals surface area contributed by atoms with E-state index < -0.39 is 0 Å². The third-order valence-corrected chi connectivity index (χ3v) is 2.90. The molecular formula is C13H16O3. The predicted octanol–water partition coefficient (Wildman–Crippen LogP) is 1.48. The third-order valence-electron chi connectivity index (χ3n) is 2.90. The number of ether oxygens (including phenoxy) is 2. The van der Waals surface area contributed by atoms with Crippen molar-refractivity contribution in [1.29, 1.82) is 0 Å². The third kappa shape index (κ3) is 2.02. The van der Waals surface area contributed by atoms with Gasteiger partial charge >= 0.3 is 0 Å². The molecule has 1 aliphatic rings. The van der Waals surface area contributed by atoms with Crippen LogP contribution in [0.15, 0.2) is 42.0 Å². The Kier molecular flexibility index (Phi) is 3.39. The first-order valence-electron chi connectivity index (χ1n) is 5.29. The number of aliphatic hydroxyl groups excluding tert-OH is 1. The highest BCUT2D eigenvalue weighted by Crippen LogP contribution is 2.46. The van der Waals surface area contributed by atoms with Crippen LogP contribution in [-0.4, -0.2) is 32.2 Å².